The number of carbonyl (C=O) groups is 2. The molecule has 23 heavy (non-hydrogen) atoms. The molecule has 0 radical (unpaired) electrons. The van der Waals surface area contributed by atoms with Crippen LogP contribution in [-0.4, -0.2) is 34.5 Å². The molecule has 2 atom stereocenters. The number of piperidine rings is 1. The third-order valence-corrected chi connectivity index (χ3v) is 4.78. The van der Waals surface area contributed by atoms with Gasteiger partial charge in [-0.2, -0.15) is 0 Å². The van der Waals surface area contributed by atoms with E-state index in [-0.39, 0.29) is 11.9 Å². The molecule has 4 nitrogen and oxygen atoms in total. The summed E-state index contributed by atoms with van der Waals surface area (Å²) in [5.41, 5.74) is 2.57. The molecule has 1 aliphatic heterocycles. The first-order valence-electron chi connectivity index (χ1n) is 8.55. The molecule has 1 amide bonds. The van der Waals surface area contributed by atoms with Crippen LogP contribution in [0.1, 0.15) is 50.2 Å². The molecule has 0 bridgehead atoms. The van der Waals surface area contributed by atoms with Crippen LogP contribution in [-0.2, 0) is 16.0 Å². The summed E-state index contributed by atoms with van der Waals surface area (Å²) in [5, 5.41) is 9.15. The Balaban J connectivity index is 1.75. The van der Waals surface area contributed by atoms with E-state index in [1.54, 1.807) is 4.90 Å². The van der Waals surface area contributed by atoms with E-state index in [0.29, 0.717) is 19.4 Å². The molecule has 0 aromatic heterocycles. The highest BCUT2D eigenvalue weighted by molar-refractivity contribution is 5.78. The lowest BCUT2D eigenvalue weighted by Gasteiger charge is -2.36. The number of unbranched alkanes of at least 4 members (excludes halogenated alkanes) is 1. The van der Waals surface area contributed by atoms with Gasteiger partial charge in [0.1, 0.15) is 0 Å². The van der Waals surface area contributed by atoms with E-state index in [0.717, 1.165) is 25.7 Å². The van der Waals surface area contributed by atoms with Gasteiger partial charge in [0.2, 0.25) is 5.91 Å². The predicted octanol–water partition coefficient (Wildman–Crippen LogP) is 3.42. The quantitative estimate of drug-likeness (QED) is 0.818. The fourth-order valence-electron chi connectivity index (χ4n) is 3.16. The topological polar surface area (TPSA) is 57.6 Å². The lowest BCUT2D eigenvalue weighted by molar-refractivity contribution is -0.147. The summed E-state index contributed by atoms with van der Waals surface area (Å²) in [6, 6.07) is 8.67. The van der Waals surface area contributed by atoms with E-state index in [2.05, 4.69) is 31.2 Å². The van der Waals surface area contributed by atoms with Crippen molar-refractivity contribution in [2.45, 2.75) is 58.4 Å². The Morgan fingerprint density at radius 3 is 2.52 bits per heavy atom. The van der Waals surface area contributed by atoms with Crippen LogP contribution in [0.25, 0.3) is 0 Å². The highest BCUT2D eigenvalue weighted by Gasteiger charge is 2.31. The first-order valence-corrected chi connectivity index (χ1v) is 8.55. The summed E-state index contributed by atoms with van der Waals surface area (Å²) in [4.78, 5) is 25.3. The maximum absolute atomic E-state index is 12.4. The summed E-state index contributed by atoms with van der Waals surface area (Å²) in [6.07, 6.45) is 4.80. The van der Waals surface area contributed by atoms with Gasteiger partial charge in [0.25, 0.3) is 0 Å². The Hall–Kier alpha value is -1.84. The second-order valence-electron chi connectivity index (χ2n) is 6.70. The Bertz CT molecular complexity index is 538. The van der Waals surface area contributed by atoms with E-state index in [4.69, 9.17) is 5.11 Å². The van der Waals surface area contributed by atoms with E-state index in [1.807, 2.05) is 6.92 Å². The number of amides is 1. The molecule has 1 aromatic rings. The van der Waals surface area contributed by atoms with Crippen molar-refractivity contribution in [3.63, 3.8) is 0 Å². The summed E-state index contributed by atoms with van der Waals surface area (Å²) in [5.74, 6) is -1.08. The summed E-state index contributed by atoms with van der Waals surface area (Å²) >= 11 is 0. The molecule has 0 saturated carbocycles. The number of nitrogens with zero attached hydrogens (tertiary/aromatic N) is 1. The predicted molar refractivity (Wildman–Crippen MR) is 90.3 cm³/mol. The Kier molecular flexibility index (Phi) is 6.20. The zero-order valence-corrected chi connectivity index (χ0v) is 14.1. The number of carboxylic acids is 1. The maximum Gasteiger partial charge on any atom is 0.308 e. The molecule has 1 N–H and O–H groups in total. The van der Waals surface area contributed by atoms with Crippen LogP contribution in [0.2, 0.25) is 0 Å². The SMILES string of the molecule is Cc1ccc(CCCCC(=O)N2CC(C(=O)O)CCC2C)cc1. The summed E-state index contributed by atoms with van der Waals surface area (Å²) < 4.78 is 0. The van der Waals surface area contributed by atoms with Crippen molar-refractivity contribution in [1.29, 1.82) is 0 Å². The molecular formula is C19H27NO3. The van der Waals surface area contributed by atoms with Crippen LogP contribution >= 0.6 is 0 Å². The second-order valence-corrected chi connectivity index (χ2v) is 6.70. The van der Waals surface area contributed by atoms with E-state index in [1.165, 1.54) is 11.1 Å². The van der Waals surface area contributed by atoms with Gasteiger partial charge in [0, 0.05) is 19.0 Å². The smallest absolute Gasteiger partial charge is 0.308 e. The number of carboxylic acid groups (broad SMARTS) is 1. The maximum atomic E-state index is 12.4. The van der Waals surface area contributed by atoms with Crippen molar-refractivity contribution in [2.75, 3.05) is 6.54 Å². The van der Waals surface area contributed by atoms with E-state index < -0.39 is 11.9 Å². The first-order chi connectivity index (χ1) is 11.0. The number of hydrogen-bond acceptors (Lipinski definition) is 2. The fraction of sp³-hybridized carbons (Fsp3) is 0.579. The molecule has 1 aromatic carbocycles. The number of benzene rings is 1. The molecule has 1 heterocycles. The zero-order chi connectivity index (χ0) is 16.8. The molecular weight excluding hydrogens is 290 g/mol. The minimum absolute atomic E-state index is 0.104. The monoisotopic (exact) mass is 317 g/mol. The van der Waals surface area contributed by atoms with Crippen molar-refractivity contribution >= 4 is 11.9 Å². The molecule has 2 rings (SSSR count). The average Bonchev–Trinajstić information content (AvgIpc) is 2.53. The van der Waals surface area contributed by atoms with E-state index >= 15 is 0 Å². The molecule has 1 saturated heterocycles. The molecule has 1 fully saturated rings. The highest BCUT2D eigenvalue weighted by atomic mass is 16.4. The highest BCUT2D eigenvalue weighted by Crippen LogP contribution is 2.23. The third-order valence-electron chi connectivity index (χ3n) is 4.78. The van der Waals surface area contributed by atoms with Crippen molar-refractivity contribution < 1.29 is 14.7 Å². The van der Waals surface area contributed by atoms with Crippen LogP contribution in [0.4, 0.5) is 0 Å². The fourth-order valence-corrected chi connectivity index (χ4v) is 3.16. The van der Waals surface area contributed by atoms with Gasteiger partial charge in [0.15, 0.2) is 0 Å². The number of hydrogen-bond donors (Lipinski definition) is 1. The molecule has 1 aliphatic rings. The number of carbonyl (C=O) groups excluding carboxylic acids is 1. The standard InChI is InChI=1S/C19H27NO3/c1-14-7-10-16(11-8-14)5-3-4-6-18(21)20-13-17(19(22)23)12-9-15(20)2/h7-8,10-11,15,17H,3-6,9,12-13H2,1-2H3,(H,22,23). The number of aliphatic carboxylic acids is 1. The lowest BCUT2D eigenvalue weighted by Crippen LogP contribution is -2.47. The Morgan fingerprint density at radius 1 is 1.17 bits per heavy atom. The normalized spacial score (nSPS) is 21.2. The van der Waals surface area contributed by atoms with Gasteiger partial charge in [-0.05, 0) is 51.5 Å². The second kappa shape index (κ2) is 8.14. The summed E-state index contributed by atoms with van der Waals surface area (Å²) in [6.45, 7) is 4.46. The van der Waals surface area contributed by atoms with Gasteiger partial charge >= 0.3 is 5.97 Å². The van der Waals surface area contributed by atoms with E-state index in [9.17, 15) is 9.59 Å². The van der Waals surface area contributed by atoms with Gasteiger partial charge in [-0.25, -0.2) is 0 Å². The zero-order valence-electron chi connectivity index (χ0n) is 14.1. The van der Waals surface area contributed by atoms with Gasteiger partial charge in [-0.15, -0.1) is 0 Å². The van der Waals surface area contributed by atoms with Crippen molar-refractivity contribution in [3.05, 3.63) is 35.4 Å². The van der Waals surface area contributed by atoms with Crippen LogP contribution in [0, 0.1) is 12.8 Å². The summed E-state index contributed by atoms with van der Waals surface area (Å²) in [7, 11) is 0. The number of rotatable bonds is 6. The average molecular weight is 317 g/mol. The minimum Gasteiger partial charge on any atom is -0.481 e. The lowest BCUT2D eigenvalue weighted by atomic mass is 9.93. The number of aryl methyl sites for hydroxylation is 2. The molecule has 0 spiro atoms. The molecule has 126 valence electrons. The van der Waals surface area contributed by atoms with Crippen LogP contribution in [0.3, 0.4) is 0 Å². The van der Waals surface area contributed by atoms with Crippen LogP contribution < -0.4 is 0 Å². The molecule has 4 heteroatoms. The third kappa shape index (κ3) is 5.08. The van der Waals surface area contributed by atoms with Crippen molar-refractivity contribution in [3.8, 4) is 0 Å². The molecule has 0 aliphatic carbocycles. The minimum atomic E-state index is -0.783. The number of likely N-dealkylation sites (tertiary alicyclic amines) is 1. The first kappa shape index (κ1) is 17.5. The van der Waals surface area contributed by atoms with Crippen molar-refractivity contribution in [2.24, 2.45) is 5.92 Å². The van der Waals surface area contributed by atoms with Gasteiger partial charge < -0.3 is 10.0 Å². The van der Waals surface area contributed by atoms with Crippen LogP contribution in [0.5, 0.6) is 0 Å². The van der Waals surface area contributed by atoms with Gasteiger partial charge in [0.05, 0.1) is 5.92 Å². The molecule has 2 unspecified atom stereocenters. The van der Waals surface area contributed by atoms with Crippen LogP contribution in [0.15, 0.2) is 24.3 Å². The van der Waals surface area contributed by atoms with Gasteiger partial charge in [-0.3, -0.25) is 9.59 Å². The van der Waals surface area contributed by atoms with Gasteiger partial charge in [-0.1, -0.05) is 29.8 Å². The Labute approximate surface area is 138 Å². The Morgan fingerprint density at radius 2 is 1.87 bits per heavy atom. The van der Waals surface area contributed by atoms with Crippen molar-refractivity contribution in [1.82, 2.24) is 4.90 Å². The largest absolute Gasteiger partial charge is 0.481 e.